The maximum atomic E-state index is 4.69. The van der Waals surface area contributed by atoms with Crippen molar-refractivity contribution in [2.75, 3.05) is 7.05 Å². The van der Waals surface area contributed by atoms with Crippen LogP contribution in [0.2, 0.25) is 0 Å². The van der Waals surface area contributed by atoms with Gasteiger partial charge in [0, 0.05) is 12.6 Å². The molecule has 5 aliphatic rings. The lowest BCUT2D eigenvalue weighted by Crippen LogP contribution is -2.54. The molecule has 1 aliphatic heterocycles. The molecule has 0 unspecified atom stereocenters. The van der Waals surface area contributed by atoms with Gasteiger partial charge in [0.2, 0.25) is 0 Å². The van der Waals surface area contributed by atoms with E-state index >= 15 is 0 Å². The zero-order valence-electron chi connectivity index (χ0n) is 12.2. The van der Waals surface area contributed by atoms with Crippen LogP contribution in [0.25, 0.3) is 0 Å². The monoisotopic (exact) mass is 246 g/mol. The summed E-state index contributed by atoms with van der Waals surface area (Å²) >= 11 is 0. The van der Waals surface area contributed by atoms with Gasteiger partial charge in [0.05, 0.1) is 0 Å². The van der Waals surface area contributed by atoms with Crippen molar-refractivity contribution >= 4 is 5.84 Å². The van der Waals surface area contributed by atoms with Gasteiger partial charge in [-0.2, -0.15) is 0 Å². The molecule has 100 valence electrons. The Balaban J connectivity index is 1.77. The molecule has 4 saturated carbocycles. The molecule has 5 fully saturated rings. The number of amidine groups is 1. The molecule has 4 bridgehead atoms. The molecule has 1 saturated heterocycles. The van der Waals surface area contributed by atoms with Crippen LogP contribution in [0.5, 0.6) is 0 Å². The van der Waals surface area contributed by atoms with Crippen LogP contribution in [0.3, 0.4) is 0 Å². The first kappa shape index (κ1) is 11.3. The van der Waals surface area contributed by atoms with Crippen LogP contribution in [0.4, 0.5) is 0 Å². The van der Waals surface area contributed by atoms with E-state index in [0.717, 1.165) is 23.7 Å². The first-order valence-corrected chi connectivity index (χ1v) is 7.75. The summed E-state index contributed by atoms with van der Waals surface area (Å²) in [5.41, 5.74) is 0.657. The van der Waals surface area contributed by atoms with Crippen LogP contribution in [0.1, 0.15) is 52.9 Å². The van der Waals surface area contributed by atoms with Crippen LogP contribution >= 0.6 is 0 Å². The fourth-order valence-corrected chi connectivity index (χ4v) is 6.05. The van der Waals surface area contributed by atoms with E-state index in [1.54, 1.807) is 0 Å². The molecule has 0 aromatic rings. The molecule has 2 nitrogen and oxygen atoms in total. The second kappa shape index (κ2) is 3.13. The second-order valence-corrected chi connectivity index (χ2v) is 8.18. The average Bonchev–Trinajstić information content (AvgIpc) is 2.94. The van der Waals surface area contributed by atoms with Crippen molar-refractivity contribution in [3.05, 3.63) is 0 Å². The van der Waals surface area contributed by atoms with E-state index in [1.165, 1.54) is 37.9 Å². The van der Waals surface area contributed by atoms with E-state index in [4.69, 9.17) is 0 Å². The molecular formula is C16H26N2. The van der Waals surface area contributed by atoms with Gasteiger partial charge in [-0.1, -0.05) is 0 Å². The van der Waals surface area contributed by atoms with E-state index in [1.807, 2.05) is 7.05 Å². The maximum absolute atomic E-state index is 4.69. The number of hydrogen-bond donors (Lipinski definition) is 0. The molecule has 4 aliphatic carbocycles. The average molecular weight is 246 g/mol. The fourth-order valence-electron chi connectivity index (χ4n) is 6.05. The van der Waals surface area contributed by atoms with Gasteiger partial charge in [0.15, 0.2) is 0 Å². The molecule has 18 heavy (non-hydrogen) atoms. The molecule has 0 N–H and O–H groups in total. The van der Waals surface area contributed by atoms with E-state index in [-0.39, 0.29) is 5.54 Å². The van der Waals surface area contributed by atoms with Crippen molar-refractivity contribution in [1.29, 1.82) is 0 Å². The van der Waals surface area contributed by atoms with Gasteiger partial charge in [0.25, 0.3) is 0 Å². The number of aliphatic imine (C=N–C) groups is 1. The van der Waals surface area contributed by atoms with Crippen molar-refractivity contribution in [2.24, 2.45) is 28.7 Å². The third-order valence-electron chi connectivity index (χ3n) is 6.16. The molecule has 0 aromatic carbocycles. The summed E-state index contributed by atoms with van der Waals surface area (Å²) in [6, 6.07) is 0. The molecule has 0 aromatic heterocycles. The Morgan fingerprint density at radius 1 is 1.00 bits per heavy atom. The molecule has 1 spiro atoms. The highest BCUT2D eigenvalue weighted by molar-refractivity contribution is 6.08. The van der Waals surface area contributed by atoms with Crippen LogP contribution < -0.4 is 0 Å². The van der Waals surface area contributed by atoms with Crippen molar-refractivity contribution in [2.45, 2.75) is 64.0 Å². The molecule has 0 radical (unpaired) electrons. The Labute approximate surface area is 111 Å². The quantitative estimate of drug-likeness (QED) is 0.599. The molecule has 2 heteroatoms. The lowest BCUT2D eigenvalue weighted by atomic mass is 9.51. The molecular weight excluding hydrogens is 220 g/mol. The normalized spacial score (nSPS) is 51.6. The lowest BCUT2D eigenvalue weighted by molar-refractivity contribution is -0.0435. The molecule has 0 amide bonds. The topological polar surface area (TPSA) is 15.4 Å². The fraction of sp³-hybridized carbons (Fsp3) is 0.938. The Kier molecular flexibility index (Phi) is 1.97. The van der Waals surface area contributed by atoms with Crippen LogP contribution in [0.15, 0.2) is 4.99 Å². The number of hydrogen-bond acceptors (Lipinski definition) is 1. The van der Waals surface area contributed by atoms with Gasteiger partial charge in [0.1, 0.15) is 11.4 Å². The Morgan fingerprint density at radius 2 is 1.50 bits per heavy atom. The minimum atomic E-state index is 0.254. The SMILES string of the molecule is CN=C1N(C(C)(C)C)C12C1CC3CC(C1)CC2C3. The van der Waals surface area contributed by atoms with Crippen molar-refractivity contribution in [1.82, 2.24) is 4.90 Å². The van der Waals surface area contributed by atoms with Gasteiger partial charge in [-0.25, -0.2) is 0 Å². The van der Waals surface area contributed by atoms with Gasteiger partial charge < -0.3 is 4.90 Å². The standard InChI is InChI=1S/C16H26N2/c1-15(2,3)18-14(17-4)16(18)12-6-10-5-11(8-12)9-13(16)7-10/h10-13H,5-9H2,1-4H3. The predicted molar refractivity (Wildman–Crippen MR) is 74.7 cm³/mol. The van der Waals surface area contributed by atoms with Gasteiger partial charge >= 0.3 is 0 Å². The van der Waals surface area contributed by atoms with Crippen LogP contribution in [-0.2, 0) is 0 Å². The first-order chi connectivity index (χ1) is 8.47. The van der Waals surface area contributed by atoms with Crippen molar-refractivity contribution < 1.29 is 0 Å². The zero-order valence-corrected chi connectivity index (χ0v) is 12.2. The molecule has 0 atom stereocenters. The Bertz CT molecular complexity index is 387. The summed E-state index contributed by atoms with van der Waals surface area (Å²) < 4.78 is 0. The van der Waals surface area contributed by atoms with E-state index in [2.05, 4.69) is 30.7 Å². The third-order valence-corrected chi connectivity index (χ3v) is 6.16. The number of nitrogens with zero attached hydrogens (tertiary/aromatic N) is 2. The predicted octanol–water partition coefficient (Wildman–Crippen LogP) is 3.32. The summed E-state index contributed by atoms with van der Waals surface area (Å²) in [7, 11) is 2.01. The summed E-state index contributed by atoms with van der Waals surface area (Å²) in [4.78, 5) is 7.38. The highest BCUT2D eigenvalue weighted by Crippen LogP contribution is 2.67. The van der Waals surface area contributed by atoms with Gasteiger partial charge in [-0.05, 0) is 76.5 Å². The highest BCUT2D eigenvalue weighted by atomic mass is 15.5. The van der Waals surface area contributed by atoms with Crippen molar-refractivity contribution in [3.8, 4) is 0 Å². The van der Waals surface area contributed by atoms with Gasteiger partial charge in [-0.15, -0.1) is 0 Å². The summed E-state index contributed by atoms with van der Waals surface area (Å²) in [5, 5.41) is 0. The Morgan fingerprint density at radius 3 is 1.83 bits per heavy atom. The first-order valence-electron chi connectivity index (χ1n) is 7.75. The third kappa shape index (κ3) is 1.13. The van der Waals surface area contributed by atoms with E-state index < -0.39 is 0 Å². The summed E-state index contributed by atoms with van der Waals surface area (Å²) in [5.74, 6) is 5.40. The summed E-state index contributed by atoms with van der Waals surface area (Å²) in [6.45, 7) is 7.08. The maximum Gasteiger partial charge on any atom is 0.127 e. The van der Waals surface area contributed by atoms with Crippen LogP contribution in [0, 0.1) is 23.7 Å². The van der Waals surface area contributed by atoms with E-state index in [9.17, 15) is 0 Å². The lowest BCUT2D eigenvalue weighted by Gasteiger charge is -2.55. The number of rotatable bonds is 0. The summed E-state index contributed by atoms with van der Waals surface area (Å²) in [6.07, 6.45) is 7.48. The molecule has 5 rings (SSSR count). The zero-order chi connectivity index (χ0) is 12.7. The van der Waals surface area contributed by atoms with Gasteiger partial charge in [-0.3, -0.25) is 4.99 Å². The minimum absolute atomic E-state index is 0.254. The largest absolute Gasteiger partial charge is 0.340 e. The molecule has 1 heterocycles. The minimum Gasteiger partial charge on any atom is -0.340 e. The Hall–Kier alpha value is -0.530. The smallest absolute Gasteiger partial charge is 0.127 e. The highest BCUT2D eigenvalue weighted by Gasteiger charge is 2.74. The van der Waals surface area contributed by atoms with Crippen molar-refractivity contribution in [3.63, 3.8) is 0 Å². The van der Waals surface area contributed by atoms with Crippen LogP contribution in [-0.4, -0.2) is 28.9 Å². The second-order valence-electron chi connectivity index (χ2n) is 8.18. The van der Waals surface area contributed by atoms with E-state index in [0.29, 0.717) is 5.54 Å².